The molecule has 2 aromatic carbocycles. The van der Waals surface area contributed by atoms with Crippen molar-refractivity contribution in [3.8, 4) is 11.8 Å². The fourth-order valence-corrected chi connectivity index (χ4v) is 6.14. The molecule has 0 heterocycles. The molecule has 11 heteroatoms. The molecule has 0 saturated heterocycles. The van der Waals surface area contributed by atoms with Gasteiger partial charge < -0.3 is 31.3 Å². The quantitative estimate of drug-likeness (QED) is 0.300. The van der Waals surface area contributed by atoms with Crippen LogP contribution in [0.4, 0.5) is 0 Å². The van der Waals surface area contributed by atoms with Crippen LogP contribution < -0.4 is 5.73 Å². The molecule has 1 saturated carbocycles. The first-order valence-corrected chi connectivity index (χ1v) is 12.2. The lowest BCUT2D eigenvalue weighted by Crippen LogP contribution is -2.70. The highest BCUT2D eigenvalue weighted by Gasteiger charge is 2.68. The molecule has 1 amide bonds. The molecule has 0 spiro atoms. The van der Waals surface area contributed by atoms with E-state index < -0.39 is 75.5 Å². The largest absolute Gasteiger partial charge is 0.508 e. The Balaban J connectivity index is 1.84. The van der Waals surface area contributed by atoms with Crippen LogP contribution in [-0.4, -0.2) is 79.7 Å². The van der Waals surface area contributed by atoms with Crippen molar-refractivity contribution in [2.24, 2.45) is 17.6 Å². The van der Waals surface area contributed by atoms with Gasteiger partial charge in [-0.15, -0.1) is 0 Å². The van der Waals surface area contributed by atoms with Crippen molar-refractivity contribution in [3.63, 3.8) is 0 Å². The van der Waals surface area contributed by atoms with E-state index in [0.717, 1.165) is 0 Å². The molecule has 0 bridgehead atoms. The molecular formula is C29H25N3O8. The lowest BCUT2D eigenvalue weighted by Gasteiger charge is -2.53. The Kier molecular flexibility index (Phi) is 6.15. The van der Waals surface area contributed by atoms with Crippen LogP contribution in [0.15, 0.2) is 59.4 Å². The Morgan fingerprint density at radius 2 is 1.75 bits per heavy atom. The van der Waals surface area contributed by atoms with Crippen molar-refractivity contribution < 1.29 is 39.9 Å². The number of aliphatic hydroxyl groups is 4. The molecule has 204 valence electrons. The molecule has 5 rings (SSSR count). The minimum Gasteiger partial charge on any atom is -0.508 e. The third-order valence-electron chi connectivity index (χ3n) is 7.89. The van der Waals surface area contributed by atoms with Gasteiger partial charge in [0.25, 0.3) is 5.91 Å². The third kappa shape index (κ3) is 3.51. The molecule has 40 heavy (non-hydrogen) atoms. The molecule has 11 nitrogen and oxygen atoms in total. The Morgan fingerprint density at radius 3 is 2.33 bits per heavy atom. The minimum atomic E-state index is -3.01. The van der Waals surface area contributed by atoms with Crippen LogP contribution in [0.25, 0.3) is 17.4 Å². The van der Waals surface area contributed by atoms with Crippen LogP contribution in [0.5, 0.6) is 5.75 Å². The first-order valence-electron chi connectivity index (χ1n) is 12.2. The van der Waals surface area contributed by atoms with Crippen LogP contribution in [0.3, 0.4) is 0 Å². The van der Waals surface area contributed by atoms with Crippen molar-refractivity contribution in [1.82, 2.24) is 4.90 Å². The number of primary amides is 1. The maximum absolute atomic E-state index is 14.1. The number of carbonyl (C=O) groups is 3. The number of aromatic hydroxyl groups is 1. The summed E-state index contributed by atoms with van der Waals surface area (Å²) in [5.41, 5.74) is 2.15. The number of ketones is 2. The molecule has 0 aromatic heterocycles. The number of nitrogens with zero attached hydrogens (tertiary/aromatic N) is 2. The van der Waals surface area contributed by atoms with E-state index >= 15 is 0 Å². The van der Waals surface area contributed by atoms with E-state index in [1.54, 1.807) is 36.4 Å². The first-order chi connectivity index (χ1) is 18.9. The predicted octanol–water partition coefficient (Wildman–Crippen LogP) is 0.805. The number of amides is 1. The van der Waals surface area contributed by atoms with E-state index in [2.05, 4.69) is 0 Å². The molecule has 1 fully saturated rings. The summed E-state index contributed by atoms with van der Waals surface area (Å²) in [6, 6.07) is 11.3. The number of nitriles is 1. The Bertz CT molecular complexity index is 1630. The molecule has 0 aliphatic heterocycles. The van der Waals surface area contributed by atoms with Gasteiger partial charge in [0.2, 0.25) is 5.78 Å². The highest BCUT2D eigenvalue weighted by Crippen LogP contribution is 2.56. The van der Waals surface area contributed by atoms with E-state index in [9.17, 15) is 39.9 Å². The van der Waals surface area contributed by atoms with Gasteiger partial charge in [-0.05, 0) is 49.0 Å². The number of hydrogen-bond acceptors (Lipinski definition) is 10. The van der Waals surface area contributed by atoms with Gasteiger partial charge in [0.05, 0.1) is 40.8 Å². The summed E-state index contributed by atoms with van der Waals surface area (Å²) in [5, 5.41) is 65.8. The Morgan fingerprint density at radius 1 is 1.10 bits per heavy atom. The average molecular weight is 544 g/mol. The molecule has 3 aliphatic rings. The third-order valence-corrected chi connectivity index (χ3v) is 7.89. The number of nitrogens with two attached hydrogens (primary N) is 1. The van der Waals surface area contributed by atoms with E-state index in [1.165, 1.54) is 31.1 Å². The van der Waals surface area contributed by atoms with Gasteiger partial charge in [-0.25, -0.2) is 0 Å². The van der Waals surface area contributed by atoms with Crippen LogP contribution in [0, 0.1) is 23.2 Å². The van der Waals surface area contributed by atoms with Crippen molar-refractivity contribution in [1.29, 1.82) is 5.26 Å². The van der Waals surface area contributed by atoms with Gasteiger partial charge in [-0.1, -0.05) is 30.3 Å². The fourth-order valence-electron chi connectivity index (χ4n) is 6.14. The van der Waals surface area contributed by atoms with Gasteiger partial charge in [0.1, 0.15) is 22.8 Å². The molecule has 5 unspecified atom stereocenters. The second-order valence-corrected chi connectivity index (χ2v) is 10.2. The number of aliphatic hydroxyl groups excluding tert-OH is 3. The summed E-state index contributed by atoms with van der Waals surface area (Å²) >= 11 is 0. The highest BCUT2D eigenvalue weighted by molar-refractivity contribution is 6.25. The fraction of sp³-hybridized carbons (Fsp3) is 0.241. The van der Waals surface area contributed by atoms with Gasteiger partial charge in [-0.3, -0.25) is 19.3 Å². The van der Waals surface area contributed by atoms with Gasteiger partial charge in [-0.2, -0.15) is 5.26 Å². The number of Topliss-reactive ketones (excluding diaryl/α,β-unsaturated/α-hetero) is 2. The second kappa shape index (κ2) is 9.17. The van der Waals surface area contributed by atoms with E-state index in [-0.39, 0.29) is 16.7 Å². The second-order valence-electron chi connectivity index (χ2n) is 10.2. The van der Waals surface area contributed by atoms with Crippen LogP contribution in [0.1, 0.15) is 22.3 Å². The van der Waals surface area contributed by atoms with E-state index in [4.69, 9.17) is 11.0 Å². The Hall–Kier alpha value is -4.76. The number of fused-ring (bicyclic) bond motifs is 3. The molecule has 0 radical (unpaired) electrons. The molecule has 7 N–H and O–H groups in total. The topological polar surface area (TPSA) is 205 Å². The molecule has 3 aliphatic carbocycles. The predicted molar refractivity (Wildman–Crippen MR) is 141 cm³/mol. The highest BCUT2D eigenvalue weighted by atomic mass is 16.4. The SMILES string of the molecule is CN(C)C1C(=O)C(C(N)=O)=C(O)C2(O)C(=O)C3=C(O)c4c(O)cccc4/C(=C\c4ccc(C#N)cc4)C3C(O)C12. The molecule has 2 aromatic rings. The zero-order chi connectivity index (χ0) is 29.3. The van der Waals surface area contributed by atoms with Gasteiger partial charge in [0, 0.05) is 5.92 Å². The number of benzene rings is 2. The van der Waals surface area contributed by atoms with Crippen LogP contribution in [0.2, 0.25) is 0 Å². The number of phenols is 1. The monoisotopic (exact) mass is 543 g/mol. The van der Waals surface area contributed by atoms with Crippen molar-refractivity contribution >= 4 is 34.9 Å². The standard InChI is InChI=1S/C29H25N3O8/c1-32(2)22-21-24(35)18-15(10-12-6-8-13(11-30)9-7-12)14-4-3-5-16(33)17(14)23(34)19(18)26(37)29(21,40)27(38)20(25(22)36)28(31)39/h3-10,18,21-22,24,33-35,38,40H,1-2H3,(H2,31,39)/b15-10+. The minimum absolute atomic E-state index is 0.147. The molecular weight excluding hydrogens is 518 g/mol. The Labute approximate surface area is 228 Å². The van der Waals surface area contributed by atoms with Crippen molar-refractivity contribution in [3.05, 3.63) is 81.6 Å². The summed E-state index contributed by atoms with van der Waals surface area (Å²) in [6.07, 6.45) is -0.176. The van der Waals surface area contributed by atoms with E-state index in [0.29, 0.717) is 11.1 Å². The van der Waals surface area contributed by atoms with Crippen molar-refractivity contribution in [2.45, 2.75) is 17.7 Å². The smallest absolute Gasteiger partial charge is 0.255 e. The lowest BCUT2D eigenvalue weighted by atomic mass is 9.55. The van der Waals surface area contributed by atoms with Crippen LogP contribution in [-0.2, 0) is 14.4 Å². The molecule has 5 atom stereocenters. The number of hydrogen-bond donors (Lipinski definition) is 6. The zero-order valence-electron chi connectivity index (χ0n) is 21.4. The maximum atomic E-state index is 14.1. The normalized spacial score (nSPS) is 28.8. The number of likely N-dealkylation sites (N-methyl/N-ethyl adjacent to an activating group) is 1. The van der Waals surface area contributed by atoms with Gasteiger partial charge in [0.15, 0.2) is 11.4 Å². The summed E-state index contributed by atoms with van der Waals surface area (Å²) < 4.78 is 0. The summed E-state index contributed by atoms with van der Waals surface area (Å²) in [7, 11) is 2.87. The van der Waals surface area contributed by atoms with Gasteiger partial charge >= 0.3 is 0 Å². The lowest BCUT2D eigenvalue weighted by molar-refractivity contribution is -0.166. The number of phenolic OH excluding ortho intramolecular Hbond substituents is 1. The van der Waals surface area contributed by atoms with E-state index in [1.807, 2.05) is 6.07 Å². The summed E-state index contributed by atoms with van der Waals surface area (Å²) in [4.78, 5) is 40.9. The zero-order valence-corrected chi connectivity index (χ0v) is 21.4. The first kappa shape index (κ1) is 26.8. The number of carbonyl (C=O) groups excluding carboxylic acids is 3. The van der Waals surface area contributed by atoms with Crippen molar-refractivity contribution in [2.75, 3.05) is 14.1 Å². The summed E-state index contributed by atoms with van der Waals surface area (Å²) in [5.74, 6) is -9.09. The average Bonchev–Trinajstić information content (AvgIpc) is 2.90. The summed E-state index contributed by atoms with van der Waals surface area (Å²) in [6.45, 7) is 0. The van der Waals surface area contributed by atoms with Crippen LogP contribution >= 0.6 is 0 Å². The number of rotatable bonds is 3. The maximum Gasteiger partial charge on any atom is 0.255 e.